The normalized spacial score (nSPS) is 10.4. The first kappa shape index (κ1) is 18.4. The van der Waals surface area contributed by atoms with Crippen molar-refractivity contribution in [3.05, 3.63) is 54.1 Å². The standard InChI is InChI=1S/C20H21N3O4/c1-3-12-25-16-10-8-15(9-11-16)19-20(23-27-22-19)21-18(24)13-26-17-7-5-4-6-14(17)2/h4-11H,3,12-13H2,1-2H3,(H,21,23,24). The average Bonchev–Trinajstić information content (AvgIpc) is 3.14. The Morgan fingerprint density at radius 1 is 1.07 bits per heavy atom. The Labute approximate surface area is 157 Å². The molecule has 1 aromatic heterocycles. The van der Waals surface area contributed by atoms with E-state index >= 15 is 0 Å². The molecule has 7 nitrogen and oxygen atoms in total. The SMILES string of the molecule is CCCOc1ccc(-c2nonc2NC(=O)COc2ccccc2C)cc1. The molecule has 0 aliphatic carbocycles. The van der Waals surface area contributed by atoms with Gasteiger partial charge in [-0.2, -0.15) is 0 Å². The largest absolute Gasteiger partial charge is 0.494 e. The second-order valence-corrected chi connectivity index (χ2v) is 5.94. The molecule has 0 radical (unpaired) electrons. The number of ether oxygens (including phenoxy) is 2. The lowest BCUT2D eigenvalue weighted by Crippen LogP contribution is -2.21. The number of amides is 1. The van der Waals surface area contributed by atoms with Crippen molar-refractivity contribution >= 4 is 11.7 Å². The quantitative estimate of drug-likeness (QED) is 0.651. The minimum Gasteiger partial charge on any atom is -0.494 e. The van der Waals surface area contributed by atoms with Gasteiger partial charge in [-0.1, -0.05) is 25.1 Å². The first-order chi connectivity index (χ1) is 13.2. The Hall–Kier alpha value is -3.35. The summed E-state index contributed by atoms with van der Waals surface area (Å²) in [4.78, 5) is 12.2. The van der Waals surface area contributed by atoms with Crippen LogP contribution in [0, 0.1) is 6.92 Å². The highest BCUT2D eigenvalue weighted by Gasteiger charge is 2.16. The van der Waals surface area contributed by atoms with Crippen LogP contribution in [0.15, 0.2) is 53.2 Å². The molecule has 0 atom stereocenters. The summed E-state index contributed by atoms with van der Waals surface area (Å²) in [6.45, 7) is 4.49. The monoisotopic (exact) mass is 367 g/mol. The van der Waals surface area contributed by atoms with Crippen LogP contribution in [0.2, 0.25) is 0 Å². The number of anilines is 1. The zero-order valence-electron chi connectivity index (χ0n) is 15.3. The van der Waals surface area contributed by atoms with E-state index in [4.69, 9.17) is 14.1 Å². The zero-order valence-corrected chi connectivity index (χ0v) is 15.3. The van der Waals surface area contributed by atoms with Gasteiger partial charge in [-0.25, -0.2) is 4.63 Å². The number of carbonyl (C=O) groups excluding carboxylic acids is 1. The predicted molar refractivity (Wildman–Crippen MR) is 101 cm³/mol. The first-order valence-corrected chi connectivity index (χ1v) is 8.71. The zero-order chi connectivity index (χ0) is 19.1. The number of nitrogens with one attached hydrogen (secondary N) is 1. The van der Waals surface area contributed by atoms with E-state index in [2.05, 4.69) is 15.6 Å². The molecule has 3 aromatic rings. The number of benzene rings is 2. The summed E-state index contributed by atoms with van der Waals surface area (Å²) in [5, 5.41) is 10.3. The van der Waals surface area contributed by atoms with E-state index in [-0.39, 0.29) is 18.3 Å². The van der Waals surface area contributed by atoms with Gasteiger partial charge in [0.25, 0.3) is 5.91 Å². The minimum absolute atomic E-state index is 0.138. The fraction of sp³-hybridized carbons (Fsp3) is 0.250. The molecule has 0 bridgehead atoms. The summed E-state index contributed by atoms with van der Waals surface area (Å²) in [7, 11) is 0. The molecule has 0 aliphatic heterocycles. The maximum absolute atomic E-state index is 12.2. The molecule has 1 amide bonds. The van der Waals surface area contributed by atoms with Crippen LogP contribution in [0.3, 0.4) is 0 Å². The fourth-order valence-corrected chi connectivity index (χ4v) is 2.42. The minimum atomic E-state index is -0.349. The Morgan fingerprint density at radius 3 is 2.59 bits per heavy atom. The molecule has 27 heavy (non-hydrogen) atoms. The van der Waals surface area contributed by atoms with Crippen molar-refractivity contribution in [2.24, 2.45) is 0 Å². The van der Waals surface area contributed by atoms with Crippen molar-refractivity contribution in [3.8, 4) is 22.8 Å². The van der Waals surface area contributed by atoms with Crippen molar-refractivity contribution in [1.29, 1.82) is 0 Å². The molecule has 0 spiro atoms. The first-order valence-electron chi connectivity index (χ1n) is 8.71. The van der Waals surface area contributed by atoms with Gasteiger partial charge in [0.1, 0.15) is 11.5 Å². The summed E-state index contributed by atoms with van der Waals surface area (Å²) in [6.07, 6.45) is 0.940. The molecule has 7 heteroatoms. The second kappa shape index (κ2) is 8.84. The third kappa shape index (κ3) is 4.84. The number of para-hydroxylation sites is 1. The van der Waals surface area contributed by atoms with E-state index in [9.17, 15) is 4.79 Å². The number of hydrogen-bond acceptors (Lipinski definition) is 6. The van der Waals surface area contributed by atoms with Crippen LogP contribution in [0.4, 0.5) is 5.82 Å². The van der Waals surface area contributed by atoms with Gasteiger partial charge in [0, 0.05) is 5.56 Å². The number of rotatable bonds is 8. The molecular formula is C20H21N3O4. The highest BCUT2D eigenvalue weighted by atomic mass is 16.6. The van der Waals surface area contributed by atoms with Gasteiger partial charge in [0.2, 0.25) is 5.82 Å². The number of aryl methyl sites for hydroxylation is 1. The third-order valence-electron chi connectivity index (χ3n) is 3.80. The predicted octanol–water partition coefficient (Wildman–Crippen LogP) is 3.85. The third-order valence-corrected chi connectivity index (χ3v) is 3.80. The van der Waals surface area contributed by atoms with Gasteiger partial charge in [-0.05, 0) is 59.6 Å². The van der Waals surface area contributed by atoms with Crippen LogP contribution in [0.1, 0.15) is 18.9 Å². The van der Waals surface area contributed by atoms with Gasteiger partial charge in [0.05, 0.1) is 6.61 Å². The molecule has 0 unspecified atom stereocenters. The number of aromatic nitrogens is 2. The van der Waals surface area contributed by atoms with Crippen molar-refractivity contribution in [2.75, 3.05) is 18.5 Å². The van der Waals surface area contributed by atoms with E-state index in [1.807, 2.05) is 62.4 Å². The van der Waals surface area contributed by atoms with E-state index < -0.39 is 0 Å². The van der Waals surface area contributed by atoms with Gasteiger partial charge in [-0.3, -0.25) is 4.79 Å². The summed E-state index contributed by atoms with van der Waals surface area (Å²) in [6, 6.07) is 14.9. The van der Waals surface area contributed by atoms with Crippen LogP contribution >= 0.6 is 0 Å². The van der Waals surface area contributed by atoms with E-state index in [0.29, 0.717) is 18.1 Å². The molecule has 0 saturated carbocycles. The lowest BCUT2D eigenvalue weighted by Gasteiger charge is -2.08. The van der Waals surface area contributed by atoms with Crippen LogP contribution in [-0.2, 0) is 4.79 Å². The number of nitrogens with zero attached hydrogens (tertiary/aromatic N) is 2. The Balaban J connectivity index is 1.62. The molecule has 2 aromatic carbocycles. The Morgan fingerprint density at radius 2 is 1.85 bits per heavy atom. The van der Waals surface area contributed by atoms with Gasteiger partial charge in [0.15, 0.2) is 12.3 Å². The van der Waals surface area contributed by atoms with E-state index in [1.54, 1.807) is 0 Å². The van der Waals surface area contributed by atoms with Crippen LogP contribution in [-0.4, -0.2) is 29.4 Å². The smallest absolute Gasteiger partial charge is 0.263 e. The molecule has 1 heterocycles. The molecule has 140 valence electrons. The van der Waals surface area contributed by atoms with Crippen molar-refractivity contribution < 1.29 is 18.9 Å². The molecule has 1 N–H and O–H groups in total. The van der Waals surface area contributed by atoms with Crippen molar-refractivity contribution in [1.82, 2.24) is 10.3 Å². The maximum atomic E-state index is 12.2. The molecule has 0 saturated heterocycles. The van der Waals surface area contributed by atoms with Crippen LogP contribution in [0.25, 0.3) is 11.3 Å². The highest BCUT2D eigenvalue weighted by Crippen LogP contribution is 2.26. The van der Waals surface area contributed by atoms with Crippen LogP contribution in [0.5, 0.6) is 11.5 Å². The number of hydrogen-bond donors (Lipinski definition) is 1. The molecule has 0 fully saturated rings. The molecule has 3 rings (SSSR count). The van der Waals surface area contributed by atoms with Crippen molar-refractivity contribution in [3.63, 3.8) is 0 Å². The van der Waals surface area contributed by atoms with E-state index in [0.717, 1.165) is 23.3 Å². The van der Waals surface area contributed by atoms with Gasteiger partial charge < -0.3 is 14.8 Å². The summed E-state index contributed by atoms with van der Waals surface area (Å²) in [5.74, 6) is 1.33. The Bertz CT molecular complexity index is 890. The maximum Gasteiger partial charge on any atom is 0.263 e. The molecule has 0 aliphatic rings. The topological polar surface area (TPSA) is 86.5 Å². The summed E-state index contributed by atoms with van der Waals surface area (Å²) < 4.78 is 15.9. The average molecular weight is 367 g/mol. The van der Waals surface area contributed by atoms with Gasteiger partial charge in [-0.15, -0.1) is 0 Å². The lowest BCUT2D eigenvalue weighted by molar-refractivity contribution is -0.118. The fourth-order valence-electron chi connectivity index (χ4n) is 2.42. The summed E-state index contributed by atoms with van der Waals surface area (Å²) >= 11 is 0. The number of carbonyl (C=O) groups is 1. The van der Waals surface area contributed by atoms with Crippen LogP contribution < -0.4 is 14.8 Å². The summed E-state index contributed by atoms with van der Waals surface area (Å²) in [5.41, 5.74) is 2.16. The lowest BCUT2D eigenvalue weighted by atomic mass is 10.1. The van der Waals surface area contributed by atoms with Gasteiger partial charge >= 0.3 is 0 Å². The Kier molecular flexibility index (Phi) is 6.04. The second-order valence-electron chi connectivity index (χ2n) is 5.94. The van der Waals surface area contributed by atoms with Crippen molar-refractivity contribution in [2.45, 2.75) is 20.3 Å². The highest BCUT2D eigenvalue weighted by molar-refractivity contribution is 5.94. The van der Waals surface area contributed by atoms with E-state index in [1.165, 1.54) is 0 Å². The molecular weight excluding hydrogens is 346 g/mol.